The zero-order chi connectivity index (χ0) is 24.6. The van der Waals surface area contributed by atoms with Crippen LogP contribution in [-0.2, 0) is 17.7 Å². The minimum atomic E-state index is -0.298. The maximum absolute atomic E-state index is 13.2. The Hall–Kier alpha value is -3.84. The molecule has 0 radical (unpaired) electrons. The van der Waals surface area contributed by atoms with Gasteiger partial charge in [-0.1, -0.05) is 36.4 Å². The van der Waals surface area contributed by atoms with E-state index in [4.69, 9.17) is 9.47 Å². The average Bonchev–Trinajstić information content (AvgIpc) is 2.90. The first-order valence-corrected chi connectivity index (χ1v) is 11.8. The van der Waals surface area contributed by atoms with Crippen LogP contribution in [0.4, 0.5) is 11.4 Å². The average molecular weight is 474 g/mol. The Bertz CT molecular complexity index is 1190. The second kappa shape index (κ2) is 11.5. The van der Waals surface area contributed by atoms with Gasteiger partial charge in [0.25, 0.3) is 11.8 Å². The summed E-state index contributed by atoms with van der Waals surface area (Å²) in [6.45, 7) is 2.62. The Morgan fingerprint density at radius 3 is 2.49 bits per heavy atom. The summed E-state index contributed by atoms with van der Waals surface area (Å²) in [5, 5.41) is 5.90. The van der Waals surface area contributed by atoms with Crippen LogP contribution >= 0.6 is 0 Å². The SMILES string of the molecule is COCCCNC(=O)c1cc(NC(=O)c2ccccc2OC)ccc1N1CCc2ccccc2C1. The zero-order valence-electron chi connectivity index (χ0n) is 20.2. The summed E-state index contributed by atoms with van der Waals surface area (Å²) in [6.07, 6.45) is 1.64. The van der Waals surface area contributed by atoms with E-state index >= 15 is 0 Å². The number of hydrogen-bond acceptors (Lipinski definition) is 5. The van der Waals surface area contributed by atoms with E-state index in [9.17, 15) is 9.59 Å². The number of ether oxygens (including phenoxy) is 2. The summed E-state index contributed by atoms with van der Waals surface area (Å²) in [6, 6.07) is 20.9. The number of nitrogens with zero attached hydrogens (tertiary/aromatic N) is 1. The summed E-state index contributed by atoms with van der Waals surface area (Å²) in [7, 11) is 3.17. The second-order valence-electron chi connectivity index (χ2n) is 8.43. The fourth-order valence-corrected chi connectivity index (χ4v) is 4.32. The van der Waals surface area contributed by atoms with Gasteiger partial charge in [-0.2, -0.15) is 0 Å². The van der Waals surface area contributed by atoms with Crippen LogP contribution in [0.5, 0.6) is 5.75 Å². The van der Waals surface area contributed by atoms with Crippen molar-refractivity contribution in [3.05, 3.63) is 89.0 Å². The number of para-hydroxylation sites is 1. The first kappa shape index (κ1) is 24.3. The lowest BCUT2D eigenvalue weighted by molar-refractivity contribution is 0.0947. The summed E-state index contributed by atoms with van der Waals surface area (Å²) >= 11 is 0. The molecule has 2 amide bonds. The molecule has 0 saturated heterocycles. The van der Waals surface area contributed by atoms with E-state index < -0.39 is 0 Å². The number of fused-ring (bicyclic) bond motifs is 1. The lowest BCUT2D eigenvalue weighted by atomic mass is 9.98. The van der Waals surface area contributed by atoms with Crippen molar-refractivity contribution in [2.45, 2.75) is 19.4 Å². The molecular weight excluding hydrogens is 442 g/mol. The maximum atomic E-state index is 13.2. The monoisotopic (exact) mass is 473 g/mol. The Labute approximate surface area is 206 Å². The van der Waals surface area contributed by atoms with Crippen LogP contribution in [0.15, 0.2) is 66.7 Å². The van der Waals surface area contributed by atoms with Crippen LogP contribution < -0.4 is 20.3 Å². The zero-order valence-corrected chi connectivity index (χ0v) is 20.2. The van der Waals surface area contributed by atoms with Gasteiger partial charge in [0.05, 0.1) is 18.2 Å². The predicted octanol–water partition coefficient (Wildman–Crippen LogP) is 4.28. The molecule has 0 fully saturated rings. The highest BCUT2D eigenvalue weighted by Gasteiger charge is 2.22. The van der Waals surface area contributed by atoms with Crippen LogP contribution in [0.1, 0.15) is 38.3 Å². The molecule has 35 heavy (non-hydrogen) atoms. The van der Waals surface area contributed by atoms with E-state index in [1.807, 2.05) is 24.3 Å². The van der Waals surface area contributed by atoms with Crippen LogP contribution in [0.3, 0.4) is 0 Å². The topological polar surface area (TPSA) is 79.9 Å². The van der Waals surface area contributed by atoms with Crippen LogP contribution in [0.25, 0.3) is 0 Å². The largest absolute Gasteiger partial charge is 0.496 e. The van der Waals surface area contributed by atoms with E-state index in [-0.39, 0.29) is 11.8 Å². The van der Waals surface area contributed by atoms with E-state index in [2.05, 4.69) is 33.7 Å². The molecule has 7 nitrogen and oxygen atoms in total. The molecule has 7 heteroatoms. The summed E-state index contributed by atoms with van der Waals surface area (Å²) in [5.74, 6) is 0.0154. The molecule has 4 rings (SSSR count). The molecule has 0 atom stereocenters. The number of methoxy groups -OCH3 is 2. The first-order chi connectivity index (χ1) is 17.1. The van der Waals surface area contributed by atoms with Gasteiger partial charge in [-0.15, -0.1) is 0 Å². The highest BCUT2D eigenvalue weighted by molar-refractivity contribution is 6.07. The molecule has 0 spiro atoms. The summed E-state index contributed by atoms with van der Waals surface area (Å²) < 4.78 is 10.4. The lowest BCUT2D eigenvalue weighted by Gasteiger charge is -2.32. The fraction of sp³-hybridized carbons (Fsp3) is 0.286. The molecule has 1 aliphatic heterocycles. The van der Waals surface area contributed by atoms with Crippen LogP contribution in [0.2, 0.25) is 0 Å². The van der Waals surface area contributed by atoms with Crippen molar-refractivity contribution in [3.63, 3.8) is 0 Å². The van der Waals surface area contributed by atoms with E-state index in [0.29, 0.717) is 35.7 Å². The summed E-state index contributed by atoms with van der Waals surface area (Å²) in [5.41, 5.74) is 4.95. The van der Waals surface area contributed by atoms with Crippen molar-refractivity contribution >= 4 is 23.2 Å². The first-order valence-electron chi connectivity index (χ1n) is 11.8. The molecule has 182 valence electrons. The maximum Gasteiger partial charge on any atom is 0.259 e. The van der Waals surface area contributed by atoms with Gasteiger partial charge in [0.2, 0.25) is 0 Å². The third kappa shape index (κ3) is 5.81. The highest BCUT2D eigenvalue weighted by atomic mass is 16.5. The Morgan fingerprint density at radius 2 is 1.69 bits per heavy atom. The number of benzene rings is 3. The minimum absolute atomic E-state index is 0.177. The molecule has 1 heterocycles. The third-order valence-electron chi connectivity index (χ3n) is 6.13. The molecule has 0 aromatic heterocycles. The van der Waals surface area contributed by atoms with Crippen molar-refractivity contribution in [1.29, 1.82) is 0 Å². The van der Waals surface area contributed by atoms with Gasteiger partial charge < -0.3 is 25.0 Å². The van der Waals surface area contributed by atoms with Gasteiger partial charge >= 0.3 is 0 Å². The quantitative estimate of drug-likeness (QED) is 0.454. The number of carbonyl (C=O) groups excluding carboxylic acids is 2. The normalized spacial score (nSPS) is 12.6. The third-order valence-corrected chi connectivity index (χ3v) is 6.13. The molecule has 0 unspecified atom stereocenters. The number of hydrogen-bond donors (Lipinski definition) is 2. The fourth-order valence-electron chi connectivity index (χ4n) is 4.32. The molecule has 3 aromatic rings. The number of rotatable bonds is 9. The van der Waals surface area contributed by atoms with Gasteiger partial charge in [0.1, 0.15) is 5.75 Å². The standard InChI is InChI=1S/C28H31N3O4/c1-34-17-7-15-29-27(32)24-18-22(30-28(33)23-10-5-6-11-26(23)35-2)12-13-25(24)31-16-14-20-8-3-4-9-21(20)19-31/h3-6,8-13,18H,7,14-17,19H2,1-2H3,(H,29,32)(H,30,33). The second-order valence-corrected chi connectivity index (χ2v) is 8.43. The van der Waals surface area contributed by atoms with E-state index in [1.54, 1.807) is 31.4 Å². The number of amides is 2. The number of anilines is 2. The molecule has 1 aliphatic rings. The van der Waals surface area contributed by atoms with Crippen molar-refractivity contribution in [3.8, 4) is 5.75 Å². The van der Waals surface area contributed by atoms with Gasteiger partial charge in [-0.05, 0) is 54.3 Å². The van der Waals surface area contributed by atoms with Gasteiger partial charge in [0, 0.05) is 44.7 Å². The van der Waals surface area contributed by atoms with Crippen molar-refractivity contribution < 1.29 is 19.1 Å². The molecule has 3 aromatic carbocycles. The number of nitrogens with one attached hydrogen (secondary N) is 2. The Morgan fingerprint density at radius 1 is 0.914 bits per heavy atom. The molecule has 0 aliphatic carbocycles. The highest BCUT2D eigenvalue weighted by Crippen LogP contribution is 2.30. The molecular formula is C28H31N3O4. The van der Waals surface area contributed by atoms with Gasteiger partial charge in [0.15, 0.2) is 0 Å². The molecule has 0 saturated carbocycles. The van der Waals surface area contributed by atoms with Crippen molar-refractivity contribution in [1.82, 2.24) is 5.32 Å². The van der Waals surface area contributed by atoms with Gasteiger partial charge in [-0.3, -0.25) is 9.59 Å². The molecule has 2 N–H and O–H groups in total. The smallest absolute Gasteiger partial charge is 0.259 e. The predicted molar refractivity (Wildman–Crippen MR) is 137 cm³/mol. The Kier molecular flexibility index (Phi) is 8.00. The Balaban J connectivity index is 1.60. The minimum Gasteiger partial charge on any atom is -0.496 e. The van der Waals surface area contributed by atoms with Crippen molar-refractivity contribution in [2.24, 2.45) is 0 Å². The van der Waals surface area contributed by atoms with E-state index in [0.717, 1.165) is 31.6 Å². The summed E-state index contributed by atoms with van der Waals surface area (Å²) in [4.78, 5) is 28.4. The molecule has 0 bridgehead atoms. The number of carbonyl (C=O) groups is 2. The van der Waals surface area contributed by atoms with Crippen LogP contribution in [0, 0.1) is 0 Å². The lowest BCUT2D eigenvalue weighted by Crippen LogP contribution is -2.33. The van der Waals surface area contributed by atoms with Crippen LogP contribution in [-0.4, -0.2) is 45.7 Å². The van der Waals surface area contributed by atoms with E-state index in [1.165, 1.54) is 18.2 Å². The van der Waals surface area contributed by atoms with Gasteiger partial charge in [-0.25, -0.2) is 0 Å². The van der Waals surface area contributed by atoms with Crippen molar-refractivity contribution in [2.75, 3.05) is 44.1 Å².